The third kappa shape index (κ3) is 4.53. The maximum atomic E-state index is 5.79. The second-order valence-electron chi connectivity index (χ2n) is 5.56. The van der Waals surface area contributed by atoms with Crippen molar-refractivity contribution < 1.29 is 23.4 Å². The van der Waals surface area contributed by atoms with Gasteiger partial charge in [0, 0.05) is 22.9 Å². The zero-order chi connectivity index (χ0) is 20.1. The molecule has 28 heavy (non-hydrogen) atoms. The Balaban J connectivity index is 1.79. The van der Waals surface area contributed by atoms with Gasteiger partial charge < -0.3 is 23.4 Å². The van der Waals surface area contributed by atoms with E-state index in [-0.39, 0.29) is 0 Å². The van der Waals surface area contributed by atoms with E-state index in [1.54, 1.807) is 34.5 Å². The lowest BCUT2D eigenvalue weighted by Crippen LogP contribution is -1.93. The Morgan fingerprint density at radius 1 is 0.857 bits per heavy atom. The van der Waals surface area contributed by atoms with Crippen LogP contribution in [0.2, 0.25) is 0 Å². The zero-order valence-electron chi connectivity index (χ0n) is 15.8. The predicted octanol–water partition coefficient (Wildman–Crippen LogP) is 4.83. The summed E-state index contributed by atoms with van der Waals surface area (Å²) >= 11 is 4.87. The molecule has 0 saturated carbocycles. The largest absolute Gasteiger partial charge is 0.497 e. The van der Waals surface area contributed by atoms with Crippen molar-refractivity contribution in [1.82, 2.24) is 10.2 Å². The number of thioether (sulfide) groups is 1. The zero-order valence-corrected chi connectivity index (χ0v) is 18.2. The molecule has 0 aliphatic heterocycles. The van der Waals surface area contributed by atoms with E-state index in [1.807, 2.05) is 24.3 Å². The van der Waals surface area contributed by atoms with E-state index < -0.39 is 0 Å². The lowest BCUT2D eigenvalue weighted by atomic mass is 10.2. The number of halogens is 1. The summed E-state index contributed by atoms with van der Waals surface area (Å²) in [5, 5.41) is 8.69. The molecule has 0 atom stereocenters. The first-order valence-electron chi connectivity index (χ1n) is 8.18. The van der Waals surface area contributed by atoms with Crippen LogP contribution >= 0.6 is 27.7 Å². The summed E-state index contributed by atoms with van der Waals surface area (Å²) in [5.41, 5.74) is 1.67. The minimum atomic E-state index is 0.389. The van der Waals surface area contributed by atoms with E-state index >= 15 is 0 Å². The molecular formula is C19H19BrN2O5S. The number of aromatic nitrogens is 2. The second kappa shape index (κ2) is 9.20. The van der Waals surface area contributed by atoms with Gasteiger partial charge in [-0.1, -0.05) is 11.8 Å². The van der Waals surface area contributed by atoms with E-state index in [9.17, 15) is 0 Å². The molecule has 1 heterocycles. The van der Waals surface area contributed by atoms with Crippen LogP contribution in [0, 0.1) is 0 Å². The monoisotopic (exact) mass is 466 g/mol. The Morgan fingerprint density at radius 2 is 1.54 bits per heavy atom. The summed E-state index contributed by atoms with van der Waals surface area (Å²) in [5.74, 6) is 3.74. The molecule has 0 spiro atoms. The van der Waals surface area contributed by atoms with Gasteiger partial charge in [-0.05, 0) is 40.2 Å². The molecule has 0 aliphatic carbocycles. The molecule has 0 N–H and O–H groups in total. The minimum absolute atomic E-state index is 0.389. The van der Waals surface area contributed by atoms with Gasteiger partial charge >= 0.3 is 0 Å². The number of ether oxygens (including phenoxy) is 4. The number of nitrogens with zero attached hydrogens (tertiary/aromatic N) is 2. The van der Waals surface area contributed by atoms with Gasteiger partial charge in [0.1, 0.15) is 23.0 Å². The molecule has 7 nitrogen and oxygen atoms in total. The third-order valence-electron chi connectivity index (χ3n) is 3.91. The summed E-state index contributed by atoms with van der Waals surface area (Å²) in [4.78, 5) is 0. The molecule has 0 aliphatic rings. The molecule has 0 bridgehead atoms. The molecule has 1 aromatic heterocycles. The Morgan fingerprint density at radius 3 is 2.14 bits per heavy atom. The maximum Gasteiger partial charge on any atom is 0.277 e. The number of rotatable bonds is 8. The van der Waals surface area contributed by atoms with Gasteiger partial charge in [0.25, 0.3) is 5.22 Å². The molecule has 9 heteroatoms. The standard InChI is InChI=1S/C19H19BrN2O5S/c1-23-13-5-11(6-14(8-13)24-2)18-21-22-19(27-18)28-10-12-7-17(26-4)15(20)9-16(12)25-3/h5-9H,10H2,1-4H3. The molecule has 148 valence electrons. The van der Waals surface area contributed by atoms with Crippen molar-refractivity contribution in [3.8, 4) is 34.5 Å². The van der Waals surface area contributed by atoms with Crippen LogP contribution in [0.3, 0.4) is 0 Å². The molecular weight excluding hydrogens is 448 g/mol. The number of methoxy groups -OCH3 is 4. The summed E-state index contributed by atoms with van der Waals surface area (Å²) in [6.45, 7) is 0. The molecule has 0 unspecified atom stereocenters. The summed E-state index contributed by atoms with van der Waals surface area (Å²) in [6.07, 6.45) is 0. The Bertz CT molecular complexity index is 941. The topological polar surface area (TPSA) is 75.8 Å². The first kappa shape index (κ1) is 20.3. The number of hydrogen-bond acceptors (Lipinski definition) is 8. The summed E-state index contributed by atoms with van der Waals surface area (Å²) < 4.78 is 28.0. The van der Waals surface area contributed by atoms with Crippen LogP contribution in [0.15, 0.2) is 44.4 Å². The van der Waals surface area contributed by atoms with Gasteiger partial charge in [0.15, 0.2) is 0 Å². The third-order valence-corrected chi connectivity index (χ3v) is 5.40. The van der Waals surface area contributed by atoms with Crippen molar-refractivity contribution in [2.24, 2.45) is 0 Å². The van der Waals surface area contributed by atoms with Gasteiger partial charge in [0.2, 0.25) is 5.89 Å². The lowest BCUT2D eigenvalue weighted by Gasteiger charge is -2.11. The SMILES string of the molecule is COc1cc(OC)cc(-c2nnc(SCc3cc(OC)c(Br)cc3OC)o2)c1. The first-order chi connectivity index (χ1) is 13.6. The van der Waals surface area contributed by atoms with Gasteiger partial charge in [-0.15, -0.1) is 10.2 Å². The highest BCUT2D eigenvalue weighted by Crippen LogP contribution is 2.36. The fraction of sp³-hybridized carbons (Fsp3) is 0.263. The fourth-order valence-electron chi connectivity index (χ4n) is 2.49. The smallest absolute Gasteiger partial charge is 0.277 e. The van der Waals surface area contributed by atoms with Crippen LogP contribution in [0.1, 0.15) is 5.56 Å². The average molecular weight is 467 g/mol. The van der Waals surface area contributed by atoms with E-state index in [1.165, 1.54) is 11.8 Å². The molecule has 2 aromatic carbocycles. The fourth-order valence-corrected chi connectivity index (χ4v) is 3.72. The summed E-state index contributed by atoms with van der Waals surface area (Å²) in [7, 11) is 6.43. The first-order valence-corrected chi connectivity index (χ1v) is 9.96. The van der Waals surface area contributed by atoms with Crippen LogP contribution in [-0.4, -0.2) is 38.6 Å². The number of benzene rings is 2. The average Bonchev–Trinajstić information content (AvgIpc) is 3.21. The molecule has 3 aromatic rings. The normalized spacial score (nSPS) is 10.6. The number of hydrogen-bond donors (Lipinski definition) is 0. The highest BCUT2D eigenvalue weighted by Gasteiger charge is 2.15. The molecule has 0 radical (unpaired) electrons. The summed E-state index contributed by atoms with van der Waals surface area (Å²) in [6, 6.07) is 9.19. The Kier molecular flexibility index (Phi) is 6.69. The van der Waals surface area contributed by atoms with Crippen LogP contribution in [0.25, 0.3) is 11.5 Å². The molecule has 3 rings (SSSR count). The Labute approximate surface area is 175 Å². The van der Waals surface area contributed by atoms with Gasteiger partial charge in [-0.3, -0.25) is 0 Å². The lowest BCUT2D eigenvalue weighted by molar-refractivity contribution is 0.394. The molecule has 0 amide bonds. The Hall–Kier alpha value is -2.39. The van der Waals surface area contributed by atoms with Crippen molar-refractivity contribution in [1.29, 1.82) is 0 Å². The van der Waals surface area contributed by atoms with Crippen LogP contribution in [-0.2, 0) is 5.75 Å². The van der Waals surface area contributed by atoms with E-state index in [4.69, 9.17) is 23.4 Å². The minimum Gasteiger partial charge on any atom is -0.497 e. The van der Waals surface area contributed by atoms with Gasteiger partial charge in [-0.2, -0.15) is 0 Å². The van der Waals surface area contributed by atoms with Crippen LogP contribution < -0.4 is 18.9 Å². The predicted molar refractivity (Wildman–Crippen MR) is 110 cm³/mol. The van der Waals surface area contributed by atoms with E-state index in [0.29, 0.717) is 28.4 Å². The highest BCUT2D eigenvalue weighted by atomic mass is 79.9. The van der Waals surface area contributed by atoms with Crippen molar-refractivity contribution in [2.45, 2.75) is 11.0 Å². The highest BCUT2D eigenvalue weighted by molar-refractivity contribution is 9.10. The van der Waals surface area contributed by atoms with Gasteiger partial charge in [0.05, 0.1) is 32.9 Å². The van der Waals surface area contributed by atoms with E-state index in [2.05, 4.69) is 26.1 Å². The van der Waals surface area contributed by atoms with Crippen molar-refractivity contribution in [2.75, 3.05) is 28.4 Å². The van der Waals surface area contributed by atoms with Crippen LogP contribution in [0.4, 0.5) is 0 Å². The van der Waals surface area contributed by atoms with Crippen LogP contribution in [0.5, 0.6) is 23.0 Å². The van der Waals surface area contributed by atoms with Crippen molar-refractivity contribution in [3.63, 3.8) is 0 Å². The van der Waals surface area contributed by atoms with Crippen molar-refractivity contribution >= 4 is 27.7 Å². The van der Waals surface area contributed by atoms with E-state index in [0.717, 1.165) is 27.1 Å². The molecule has 0 saturated heterocycles. The quantitative estimate of drug-likeness (QED) is 0.437. The molecule has 0 fully saturated rings. The maximum absolute atomic E-state index is 5.79. The second-order valence-corrected chi connectivity index (χ2v) is 7.34. The van der Waals surface area contributed by atoms with Crippen molar-refractivity contribution in [3.05, 3.63) is 40.4 Å². The van der Waals surface area contributed by atoms with Gasteiger partial charge in [-0.25, -0.2) is 0 Å².